The molecule has 2 N–H and O–H groups in total. The Balaban J connectivity index is 2.00. The fourth-order valence-corrected chi connectivity index (χ4v) is 4.23. The van der Waals surface area contributed by atoms with Gasteiger partial charge in [-0.2, -0.15) is 13.2 Å². The number of carbonyl (C=O) groups excluding carboxylic acids is 1. The molecule has 1 aromatic heterocycles. The van der Waals surface area contributed by atoms with Gasteiger partial charge in [-0.15, -0.1) is 0 Å². The van der Waals surface area contributed by atoms with Gasteiger partial charge in [0.2, 0.25) is 11.8 Å². The van der Waals surface area contributed by atoms with Crippen LogP contribution in [0.2, 0.25) is 5.02 Å². The first-order valence-electron chi connectivity index (χ1n) is 9.99. The lowest BCUT2D eigenvalue weighted by Gasteiger charge is -2.16. The van der Waals surface area contributed by atoms with Crippen molar-refractivity contribution in [1.29, 1.82) is 0 Å². The van der Waals surface area contributed by atoms with Crippen LogP contribution in [0, 0.1) is 6.92 Å². The van der Waals surface area contributed by atoms with E-state index < -0.39 is 37.6 Å². The molecule has 0 radical (unpaired) electrons. The topological polar surface area (TPSA) is 107 Å². The quantitative estimate of drug-likeness (QED) is 0.350. The lowest BCUT2D eigenvalue weighted by atomic mass is 10.2. The molecular weight excluding hydrogens is 523 g/mol. The molecule has 8 nitrogen and oxygen atoms in total. The number of pyridine rings is 1. The molecule has 190 valence electrons. The van der Waals surface area contributed by atoms with Gasteiger partial charge in [-0.05, 0) is 55.0 Å². The Bertz CT molecular complexity index is 1430. The van der Waals surface area contributed by atoms with Gasteiger partial charge in [0.1, 0.15) is 5.69 Å². The number of sulfonamides is 1. The summed E-state index contributed by atoms with van der Waals surface area (Å²) in [6, 6.07) is 8.06. The molecule has 0 aliphatic heterocycles. The van der Waals surface area contributed by atoms with E-state index in [1.54, 1.807) is 6.92 Å². The summed E-state index contributed by atoms with van der Waals surface area (Å²) in [5, 5.41) is 1.91. The number of halogens is 4. The highest BCUT2D eigenvalue weighted by Crippen LogP contribution is 2.38. The van der Waals surface area contributed by atoms with Crippen LogP contribution in [0.5, 0.6) is 17.4 Å². The Kier molecular flexibility index (Phi) is 7.80. The summed E-state index contributed by atoms with van der Waals surface area (Å²) in [6.45, 7) is 5.00. The van der Waals surface area contributed by atoms with Crippen molar-refractivity contribution in [2.45, 2.75) is 18.0 Å². The Labute approximate surface area is 209 Å². The number of nitrogens with one attached hydrogen (secondary N) is 2. The van der Waals surface area contributed by atoms with Gasteiger partial charge in [0.15, 0.2) is 11.5 Å². The molecule has 0 aliphatic carbocycles. The summed E-state index contributed by atoms with van der Waals surface area (Å²) in [5.74, 6) is -0.397. The Morgan fingerprint density at radius 3 is 2.50 bits per heavy atom. The molecule has 0 fully saturated rings. The predicted molar refractivity (Wildman–Crippen MR) is 128 cm³/mol. The monoisotopic (exact) mass is 541 g/mol. The van der Waals surface area contributed by atoms with Crippen LogP contribution in [0.15, 0.2) is 66.2 Å². The molecule has 1 amide bonds. The van der Waals surface area contributed by atoms with Gasteiger partial charge in [-0.3, -0.25) is 9.52 Å². The van der Waals surface area contributed by atoms with Gasteiger partial charge in [0.25, 0.3) is 10.0 Å². The molecule has 0 spiro atoms. The molecule has 3 rings (SSSR count). The minimum atomic E-state index is -4.86. The van der Waals surface area contributed by atoms with Crippen LogP contribution in [0.4, 0.5) is 24.5 Å². The Morgan fingerprint density at radius 1 is 1.14 bits per heavy atom. The number of anilines is 2. The van der Waals surface area contributed by atoms with E-state index in [1.807, 2.05) is 0 Å². The molecule has 13 heteroatoms. The lowest BCUT2D eigenvalue weighted by Crippen LogP contribution is -2.16. The number of hydrogen-bond donors (Lipinski definition) is 2. The molecule has 0 atom stereocenters. The van der Waals surface area contributed by atoms with Crippen LogP contribution in [-0.2, 0) is 21.0 Å². The summed E-state index contributed by atoms with van der Waals surface area (Å²) in [6.07, 6.45) is -2.39. The fraction of sp³-hybridized carbons (Fsp3) is 0.130. The zero-order valence-corrected chi connectivity index (χ0v) is 20.4. The summed E-state index contributed by atoms with van der Waals surface area (Å²) in [7, 11) is -3.15. The summed E-state index contributed by atoms with van der Waals surface area (Å²) >= 11 is 5.60. The van der Waals surface area contributed by atoms with E-state index in [4.69, 9.17) is 21.1 Å². The van der Waals surface area contributed by atoms with Crippen molar-refractivity contribution in [3.8, 4) is 17.4 Å². The fourth-order valence-electron chi connectivity index (χ4n) is 2.94. The van der Waals surface area contributed by atoms with Gasteiger partial charge in [-0.25, -0.2) is 13.4 Å². The maximum absolute atomic E-state index is 13.2. The van der Waals surface area contributed by atoms with E-state index in [0.717, 1.165) is 18.2 Å². The molecule has 1 heterocycles. The second-order valence-corrected chi connectivity index (χ2v) is 9.36. The second-order valence-electron chi connectivity index (χ2n) is 7.27. The minimum absolute atomic E-state index is 0.0713. The van der Waals surface area contributed by atoms with Gasteiger partial charge < -0.3 is 14.8 Å². The first-order chi connectivity index (χ1) is 16.8. The number of benzene rings is 2. The standard InChI is InChI=1S/C23H19ClF3N3O5S/c1-4-21(31)29-14-5-8-19(34-3)20(10-14)35-22-18(9-13(2)12-28-22)30-36(32,33)15-6-7-17(24)16(11-15)23(25,26)27/h4-12,30H,1H2,2-3H3,(H,29,31). The van der Waals surface area contributed by atoms with Crippen molar-refractivity contribution >= 4 is 38.9 Å². The van der Waals surface area contributed by atoms with Crippen molar-refractivity contribution in [3.05, 3.63) is 77.5 Å². The highest BCUT2D eigenvalue weighted by Gasteiger charge is 2.34. The van der Waals surface area contributed by atoms with Crippen molar-refractivity contribution in [2.75, 3.05) is 17.1 Å². The molecule has 0 bridgehead atoms. The molecule has 0 saturated carbocycles. The van der Waals surface area contributed by atoms with Gasteiger partial charge in [-0.1, -0.05) is 18.2 Å². The van der Waals surface area contributed by atoms with Crippen molar-refractivity contribution in [2.24, 2.45) is 0 Å². The zero-order valence-electron chi connectivity index (χ0n) is 18.8. The van der Waals surface area contributed by atoms with Crippen LogP contribution in [0.25, 0.3) is 0 Å². The largest absolute Gasteiger partial charge is 0.493 e. The van der Waals surface area contributed by atoms with Crippen LogP contribution in [-0.4, -0.2) is 26.4 Å². The number of amides is 1. The Hall–Kier alpha value is -3.77. The highest BCUT2D eigenvalue weighted by atomic mass is 35.5. The van der Waals surface area contributed by atoms with E-state index in [1.165, 1.54) is 37.6 Å². The minimum Gasteiger partial charge on any atom is -0.493 e. The number of nitrogens with zero attached hydrogens (tertiary/aromatic N) is 1. The number of alkyl halides is 3. The first kappa shape index (κ1) is 26.8. The highest BCUT2D eigenvalue weighted by molar-refractivity contribution is 7.92. The molecular formula is C23H19ClF3N3O5S. The number of hydrogen-bond acceptors (Lipinski definition) is 6. The molecule has 0 aliphatic rings. The summed E-state index contributed by atoms with van der Waals surface area (Å²) in [4.78, 5) is 15.1. The van der Waals surface area contributed by atoms with Crippen molar-refractivity contribution in [1.82, 2.24) is 4.98 Å². The first-order valence-corrected chi connectivity index (χ1v) is 11.9. The van der Waals surface area contributed by atoms with E-state index in [2.05, 4.69) is 21.6 Å². The van der Waals surface area contributed by atoms with Crippen LogP contribution in [0.3, 0.4) is 0 Å². The van der Waals surface area contributed by atoms with Crippen molar-refractivity contribution in [3.63, 3.8) is 0 Å². The third kappa shape index (κ3) is 6.26. The van der Waals surface area contributed by atoms with Crippen molar-refractivity contribution < 1.29 is 35.9 Å². The Morgan fingerprint density at radius 2 is 1.86 bits per heavy atom. The van der Waals surface area contributed by atoms with Gasteiger partial charge in [0.05, 0.1) is 22.6 Å². The summed E-state index contributed by atoms with van der Waals surface area (Å²) in [5.41, 5.74) is -0.591. The lowest BCUT2D eigenvalue weighted by molar-refractivity contribution is -0.137. The van der Waals surface area contributed by atoms with E-state index in [0.29, 0.717) is 17.3 Å². The van der Waals surface area contributed by atoms with E-state index in [9.17, 15) is 26.4 Å². The normalized spacial score (nSPS) is 11.5. The number of carbonyl (C=O) groups is 1. The third-order valence-corrected chi connectivity index (χ3v) is 6.30. The number of ether oxygens (including phenoxy) is 2. The van der Waals surface area contributed by atoms with E-state index in [-0.39, 0.29) is 23.1 Å². The SMILES string of the molecule is C=CC(=O)Nc1ccc(OC)c(Oc2ncc(C)cc2NS(=O)(=O)c2ccc(Cl)c(C(F)(F)F)c2)c1. The van der Waals surface area contributed by atoms with Crippen LogP contribution in [0.1, 0.15) is 11.1 Å². The second kappa shape index (κ2) is 10.5. The summed E-state index contributed by atoms with van der Waals surface area (Å²) < 4.78 is 78.9. The van der Waals surface area contributed by atoms with E-state index >= 15 is 0 Å². The average Bonchev–Trinajstić information content (AvgIpc) is 2.80. The van der Waals surface area contributed by atoms with Gasteiger partial charge in [0, 0.05) is 18.0 Å². The average molecular weight is 542 g/mol. The molecule has 0 saturated heterocycles. The maximum atomic E-state index is 13.2. The molecule has 36 heavy (non-hydrogen) atoms. The predicted octanol–water partition coefficient (Wildman–Crippen LogP) is 5.79. The molecule has 3 aromatic rings. The number of rotatable bonds is 8. The van der Waals surface area contributed by atoms with Gasteiger partial charge >= 0.3 is 6.18 Å². The van der Waals surface area contributed by atoms with Crippen LogP contribution >= 0.6 is 11.6 Å². The maximum Gasteiger partial charge on any atom is 0.417 e. The number of aromatic nitrogens is 1. The van der Waals surface area contributed by atoms with Crippen LogP contribution < -0.4 is 19.5 Å². The number of aryl methyl sites for hydroxylation is 1. The molecule has 2 aromatic carbocycles. The third-order valence-electron chi connectivity index (χ3n) is 4.61. The smallest absolute Gasteiger partial charge is 0.417 e. The zero-order chi connectivity index (χ0) is 26.7. The molecule has 0 unspecified atom stereocenters. The number of methoxy groups -OCH3 is 1.